The maximum absolute atomic E-state index is 12.0. The second kappa shape index (κ2) is 6.86. The lowest BCUT2D eigenvalue weighted by Gasteiger charge is -2.32. The van der Waals surface area contributed by atoms with Gasteiger partial charge in [0.15, 0.2) is 0 Å². The molecule has 2 N–H and O–H groups in total. The average Bonchev–Trinajstić information content (AvgIpc) is 2.26. The summed E-state index contributed by atoms with van der Waals surface area (Å²) in [6.07, 6.45) is 2.43. The zero-order chi connectivity index (χ0) is 12.0. The number of morpholine rings is 1. The van der Waals surface area contributed by atoms with E-state index >= 15 is 0 Å². The number of carbonyl (C=O) groups excluding carboxylic acids is 1. The number of ether oxygens (including phenoxy) is 1. The van der Waals surface area contributed by atoms with Crippen LogP contribution in [0.5, 0.6) is 0 Å². The first-order chi connectivity index (χ1) is 7.65. The van der Waals surface area contributed by atoms with Gasteiger partial charge in [-0.3, -0.25) is 4.79 Å². The molecule has 1 aliphatic rings. The van der Waals surface area contributed by atoms with Crippen molar-refractivity contribution in [1.82, 2.24) is 4.90 Å². The summed E-state index contributed by atoms with van der Waals surface area (Å²) < 4.78 is 5.48. The van der Waals surface area contributed by atoms with Gasteiger partial charge < -0.3 is 15.4 Å². The van der Waals surface area contributed by atoms with Crippen LogP contribution < -0.4 is 5.73 Å². The maximum Gasteiger partial charge on any atom is 0.251 e. The molecule has 1 amide bonds. The molecule has 1 atom stereocenters. The van der Waals surface area contributed by atoms with Gasteiger partial charge in [-0.1, -0.05) is 13.8 Å². The summed E-state index contributed by atoms with van der Waals surface area (Å²) in [5, 5.41) is 0. The van der Waals surface area contributed by atoms with Gasteiger partial charge >= 0.3 is 0 Å². The van der Waals surface area contributed by atoms with Crippen LogP contribution in [0.25, 0.3) is 0 Å². The number of hydrogen-bond donors (Lipinski definition) is 1. The molecule has 0 radical (unpaired) electrons. The smallest absolute Gasteiger partial charge is 0.251 e. The second-order valence-electron chi connectivity index (χ2n) is 4.80. The zero-order valence-electron chi connectivity index (χ0n) is 10.4. The van der Waals surface area contributed by atoms with Crippen LogP contribution in [-0.4, -0.2) is 43.2 Å². The number of carbonyl (C=O) groups is 1. The fourth-order valence-electron chi connectivity index (χ4n) is 1.84. The molecule has 0 spiro atoms. The van der Waals surface area contributed by atoms with Gasteiger partial charge in [0.05, 0.1) is 6.61 Å². The topological polar surface area (TPSA) is 55.6 Å². The third-order valence-electron chi connectivity index (χ3n) is 2.91. The van der Waals surface area contributed by atoms with Gasteiger partial charge in [-0.15, -0.1) is 0 Å². The summed E-state index contributed by atoms with van der Waals surface area (Å²) in [4.78, 5) is 13.9. The van der Waals surface area contributed by atoms with E-state index in [4.69, 9.17) is 10.5 Å². The maximum atomic E-state index is 12.0. The number of nitrogens with two attached hydrogens (primary N) is 1. The van der Waals surface area contributed by atoms with Gasteiger partial charge in [0.25, 0.3) is 5.91 Å². The Kier molecular flexibility index (Phi) is 5.77. The van der Waals surface area contributed by atoms with Crippen LogP contribution >= 0.6 is 0 Å². The highest BCUT2D eigenvalue weighted by atomic mass is 16.5. The quantitative estimate of drug-likeness (QED) is 0.738. The van der Waals surface area contributed by atoms with Crippen molar-refractivity contribution in [3.8, 4) is 0 Å². The predicted octanol–water partition coefficient (Wildman–Crippen LogP) is 0.999. The van der Waals surface area contributed by atoms with Gasteiger partial charge in [-0.2, -0.15) is 0 Å². The van der Waals surface area contributed by atoms with Gasteiger partial charge in [0.1, 0.15) is 6.10 Å². The van der Waals surface area contributed by atoms with Gasteiger partial charge in [-0.25, -0.2) is 0 Å². The molecule has 4 nitrogen and oxygen atoms in total. The SMILES string of the molecule is CC(C)CCN1CCOC(CCCN)C1=O. The largest absolute Gasteiger partial charge is 0.367 e. The summed E-state index contributed by atoms with van der Waals surface area (Å²) in [6, 6.07) is 0. The normalized spacial score (nSPS) is 21.9. The fraction of sp³-hybridized carbons (Fsp3) is 0.917. The third kappa shape index (κ3) is 4.10. The molecular weight excluding hydrogens is 204 g/mol. The van der Waals surface area contributed by atoms with Crippen molar-refractivity contribution in [2.45, 2.75) is 39.2 Å². The van der Waals surface area contributed by atoms with Crippen LogP contribution in [0.1, 0.15) is 33.1 Å². The Morgan fingerprint density at radius 1 is 1.56 bits per heavy atom. The molecule has 94 valence electrons. The van der Waals surface area contributed by atoms with E-state index in [0.29, 0.717) is 19.1 Å². The Hall–Kier alpha value is -0.610. The molecular formula is C12H24N2O2. The first-order valence-corrected chi connectivity index (χ1v) is 6.25. The predicted molar refractivity (Wildman–Crippen MR) is 64.1 cm³/mol. The molecule has 1 fully saturated rings. The van der Waals surface area contributed by atoms with Crippen molar-refractivity contribution in [3.63, 3.8) is 0 Å². The van der Waals surface area contributed by atoms with Crippen molar-refractivity contribution in [1.29, 1.82) is 0 Å². The van der Waals surface area contributed by atoms with E-state index in [-0.39, 0.29) is 12.0 Å². The lowest BCUT2D eigenvalue weighted by atomic mass is 10.1. The minimum absolute atomic E-state index is 0.153. The Balaban J connectivity index is 2.37. The van der Waals surface area contributed by atoms with Crippen LogP contribution in [0.15, 0.2) is 0 Å². The fourth-order valence-corrected chi connectivity index (χ4v) is 1.84. The lowest BCUT2D eigenvalue weighted by Crippen LogP contribution is -2.48. The summed E-state index contributed by atoms with van der Waals surface area (Å²) >= 11 is 0. The van der Waals surface area contributed by atoms with Crippen LogP contribution in [0, 0.1) is 5.92 Å². The monoisotopic (exact) mass is 228 g/mol. The molecule has 0 aromatic carbocycles. The average molecular weight is 228 g/mol. The molecule has 1 unspecified atom stereocenters. The summed E-state index contributed by atoms with van der Waals surface area (Å²) in [5.74, 6) is 0.790. The minimum atomic E-state index is -0.246. The van der Waals surface area contributed by atoms with Gasteiger partial charge in [0, 0.05) is 13.1 Å². The van der Waals surface area contributed by atoms with Gasteiger partial charge in [-0.05, 0) is 31.7 Å². The minimum Gasteiger partial charge on any atom is -0.367 e. The van der Waals surface area contributed by atoms with Crippen LogP contribution in [-0.2, 0) is 9.53 Å². The van der Waals surface area contributed by atoms with E-state index < -0.39 is 0 Å². The summed E-state index contributed by atoms with van der Waals surface area (Å²) in [6.45, 7) is 7.25. The molecule has 1 rings (SSSR count). The van der Waals surface area contributed by atoms with E-state index in [1.54, 1.807) is 0 Å². The molecule has 1 heterocycles. The van der Waals surface area contributed by atoms with E-state index in [1.165, 1.54) is 0 Å². The van der Waals surface area contributed by atoms with Crippen LogP contribution in [0.4, 0.5) is 0 Å². The van der Waals surface area contributed by atoms with Crippen molar-refractivity contribution in [2.75, 3.05) is 26.2 Å². The molecule has 0 aromatic heterocycles. The molecule has 0 bridgehead atoms. The highest BCUT2D eigenvalue weighted by Gasteiger charge is 2.28. The second-order valence-corrected chi connectivity index (χ2v) is 4.80. The molecule has 1 aliphatic heterocycles. The van der Waals surface area contributed by atoms with E-state index in [0.717, 1.165) is 32.4 Å². The lowest BCUT2D eigenvalue weighted by molar-refractivity contribution is -0.153. The first-order valence-electron chi connectivity index (χ1n) is 6.25. The number of amides is 1. The summed E-state index contributed by atoms with van der Waals surface area (Å²) in [7, 11) is 0. The molecule has 1 saturated heterocycles. The Morgan fingerprint density at radius 3 is 2.94 bits per heavy atom. The standard InChI is InChI=1S/C12H24N2O2/c1-10(2)5-7-14-8-9-16-11(12(14)15)4-3-6-13/h10-11H,3-9,13H2,1-2H3. The van der Waals surface area contributed by atoms with Crippen molar-refractivity contribution < 1.29 is 9.53 Å². The van der Waals surface area contributed by atoms with Crippen molar-refractivity contribution >= 4 is 5.91 Å². The molecule has 0 saturated carbocycles. The number of hydrogen-bond acceptors (Lipinski definition) is 3. The van der Waals surface area contributed by atoms with Crippen LogP contribution in [0.2, 0.25) is 0 Å². The van der Waals surface area contributed by atoms with E-state index in [1.807, 2.05) is 4.90 Å². The Bertz CT molecular complexity index is 219. The molecule has 16 heavy (non-hydrogen) atoms. The highest BCUT2D eigenvalue weighted by molar-refractivity contribution is 5.81. The Morgan fingerprint density at radius 2 is 2.31 bits per heavy atom. The van der Waals surface area contributed by atoms with Crippen molar-refractivity contribution in [3.05, 3.63) is 0 Å². The van der Waals surface area contributed by atoms with Gasteiger partial charge in [0.2, 0.25) is 0 Å². The van der Waals surface area contributed by atoms with E-state index in [2.05, 4.69) is 13.8 Å². The third-order valence-corrected chi connectivity index (χ3v) is 2.91. The first kappa shape index (κ1) is 13.5. The highest BCUT2D eigenvalue weighted by Crippen LogP contribution is 2.13. The number of nitrogens with zero attached hydrogens (tertiary/aromatic N) is 1. The Labute approximate surface area is 98.1 Å². The van der Waals surface area contributed by atoms with E-state index in [9.17, 15) is 4.79 Å². The van der Waals surface area contributed by atoms with Crippen LogP contribution in [0.3, 0.4) is 0 Å². The summed E-state index contributed by atoms with van der Waals surface area (Å²) in [5.41, 5.74) is 5.44. The molecule has 0 aliphatic carbocycles. The molecule has 4 heteroatoms. The zero-order valence-corrected chi connectivity index (χ0v) is 10.4. The van der Waals surface area contributed by atoms with Crippen molar-refractivity contribution in [2.24, 2.45) is 11.7 Å². The molecule has 0 aromatic rings. The number of rotatable bonds is 6.